The minimum atomic E-state index is -0.155. The fourth-order valence-electron chi connectivity index (χ4n) is 2.52. The normalized spacial score (nSPS) is 12.7. The third kappa shape index (κ3) is 2.68. The molecule has 4 nitrogen and oxygen atoms in total. The van der Waals surface area contributed by atoms with E-state index in [0.717, 1.165) is 29.0 Å². The molecule has 1 atom stereocenters. The summed E-state index contributed by atoms with van der Waals surface area (Å²) in [4.78, 5) is 4.72. The van der Waals surface area contributed by atoms with Gasteiger partial charge in [-0.25, -0.2) is 4.98 Å². The van der Waals surface area contributed by atoms with Gasteiger partial charge in [-0.05, 0) is 30.7 Å². The van der Waals surface area contributed by atoms with E-state index in [1.165, 1.54) is 0 Å². The molecular weight excluding hydrogens is 262 g/mol. The van der Waals surface area contributed by atoms with Crippen LogP contribution in [0.3, 0.4) is 0 Å². The smallest absolute Gasteiger partial charge is 0.131 e. The van der Waals surface area contributed by atoms with Crippen LogP contribution in [0.1, 0.15) is 18.3 Å². The Bertz CT molecular complexity index is 721. The van der Waals surface area contributed by atoms with Gasteiger partial charge in [0.2, 0.25) is 0 Å². The van der Waals surface area contributed by atoms with Gasteiger partial charge < -0.3 is 10.5 Å². The molecule has 1 aromatic heterocycles. The molecule has 1 heterocycles. The van der Waals surface area contributed by atoms with Crippen LogP contribution >= 0.6 is 0 Å². The van der Waals surface area contributed by atoms with Crippen LogP contribution in [0.25, 0.3) is 16.7 Å². The van der Waals surface area contributed by atoms with Gasteiger partial charge >= 0.3 is 0 Å². The van der Waals surface area contributed by atoms with E-state index in [0.29, 0.717) is 6.61 Å². The van der Waals surface area contributed by atoms with Gasteiger partial charge in [0.1, 0.15) is 5.82 Å². The number of hydrogen-bond donors (Lipinski definition) is 1. The van der Waals surface area contributed by atoms with E-state index in [-0.39, 0.29) is 6.04 Å². The zero-order chi connectivity index (χ0) is 14.7. The summed E-state index contributed by atoms with van der Waals surface area (Å²) in [7, 11) is 1.69. The predicted octanol–water partition coefficient (Wildman–Crippen LogP) is 3.06. The fraction of sp³-hybridized carbons (Fsp3) is 0.235. The molecule has 0 aliphatic heterocycles. The van der Waals surface area contributed by atoms with Crippen molar-refractivity contribution in [3.05, 3.63) is 60.4 Å². The highest BCUT2D eigenvalue weighted by Gasteiger charge is 2.17. The molecule has 0 spiro atoms. The summed E-state index contributed by atoms with van der Waals surface area (Å²) in [6.07, 6.45) is 0.743. The molecular formula is C17H19N3O. The highest BCUT2D eigenvalue weighted by molar-refractivity contribution is 5.78. The number of nitrogens with zero attached hydrogens (tertiary/aromatic N) is 2. The number of rotatable bonds is 5. The van der Waals surface area contributed by atoms with Crippen molar-refractivity contribution in [2.45, 2.75) is 12.5 Å². The maximum atomic E-state index is 6.32. The maximum Gasteiger partial charge on any atom is 0.131 e. The van der Waals surface area contributed by atoms with Crippen LogP contribution in [0.15, 0.2) is 54.6 Å². The van der Waals surface area contributed by atoms with Crippen LogP contribution in [-0.4, -0.2) is 23.3 Å². The summed E-state index contributed by atoms with van der Waals surface area (Å²) < 4.78 is 7.27. The van der Waals surface area contributed by atoms with Crippen molar-refractivity contribution in [1.82, 2.24) is 9.55 Å². The summed E-state index contributed by atoms with van der Waals surface area (Å²) >= 11 is 0. The van der Waals surface area contributed by atoms with Crippen molar-refractivity contribution in [3.63, 3.8) is 0 Å². The van der Waals surface area contributed by atoms with E-state index in [2.05, 4.69) is 22.8 Å². The fourth-order valence-corrected chi connectivity index (χ4v) is 2.52. The summed E-state index contributed by atoms with van der Waals surface area (Å²) in [6.45, 7) is 0.624. The molecule has 0 aliphatic carbocycles. The standard InChI is InChI=1S/C17H19N3O/c1-21-12-11-14(18)17-19-15-9-5-6-10-16(15)20(17)13-7-3-2-4-8-13/h2-10,14H,11-12,18H2,1H3. The van der Waals surface area contributed by atoms with Gasteiger partial charge in [-0.15, -0.1) is 0 Å². The van der Waals surface area contributed by atoms with Crippen molar-refractivity contribution in [2.75, 3.05) is 13.7 Å². The van der Waals surface area contributed by atoms with E-state index in [1.807, 2.05) is 36.4 Å². The number of fused-ring (bicyclic) bond motifs is 1. The molecule has 1 unspecified atom stereocenters. The Kier molecular flexibility index (Phi) is 3.99. The number of aromatic nitrogens is 2. The van der Waals surface area contributed by atoms with Gasteiger partial charge in [0.25, 0.3) is 0 Å². The van der Waals surface area contributed by atoms with Crippen LogP contribution in [0.4, 0.5) is 0 Å². The van der Waals surface area contributed by atoms with Crippen molar-refractivity contribution in [2.24, 2.45) is 5.73 Å². The third-order valence-electron chi connectivity index (χ3n) is 3.57. The number of hydrogen-bond acceptors (Lipinski definition) is 3. The van der Waals surface area contributed by atoms with Crippen LogP contribution in [-0.2, 0) is 4.74 Å². The molecule has 0 saturated carbocycles. The first-order valence-corrected chi connectivity index (χ1v) is 7.08. The second kappa shape index (κ2) is 6.08. The quantitative estimate of drug-likeness (QED) is 0.782. The summed E-state index contributed by atoms with van der Waals surface area (Å²) in [5, 5.41) is 0. The first-order chi connectivity index (χ1) is 10.3. The second-order valence-corrected chi connectivity index (χ2v) is 5.02. The molecule has 0 radical (unpaired) electrons. The van der Waals surface area contributed by atoms with Gasteiger partial charge in [0.05, 0.1) is 17.1 Å². The zero-order valence-electron chi connectivity index (χ0n) is 12.1. The van der Waals surface area contributed by atoms with Crippen molar-refractivity contribution in [1.29, 1.82) is 0 Å². The topological polar surface area (TPSA) is 53.1 Å². The van der Waals surface area contributed by atoms with Gasteiger partial charge in [-0.2, -0.15) is 0 Å². The van der Waals surface area contributed by atoms with Gasteiger partial charge in [0, 0.05) is 19.4 Å². The van der Waals surface area contributed by atoms with Gasteiger partial charge in [-0.1, -0.05) is 30.3 Å². The Hall–Kier alpha value is -2.17. The zero-order valence-corrected chi connectivity index (χ0v) is 12.1. The number of benzene rings is 2. The molecule has 0 aliphatic rings. The van der Waals surface area contributed by atoms with Crippen molar-refractivity contribution in [3.8, 4) is 5.69 Å². The summed E-state index contributed by atoms with van der Waals surface area (Å²) in [5.74, 6) is 0.874. The lowest BCUT2D eigenvalue weighted by atomic mass is 10.2. The average molecular weight is 281 g/mol. The molecule has 21 heavy (non-hydrogen) atoms. The lowest BCUT2D eigenvalue weighted by molar-refractivity contribution is 0.187. The highest BCUT2D eigenvalue weighted by atomic mass is 16.5. The molecule has 0 saturated heterocycles. The number of ether oxygens (including phenoxy) is 1. The summed E-state index contributed by atoms with van der Waals surface area (Å²) in [5.41, 5.74) is 9.44. The van der Waals surface area contributed by atoms with Crippen molar-refractivity contribution >= 4 is 11.0 Å². The Morgan fingerprint density at radius 3 is 2.57 bits per heavy atom. The number of imidazole rings is 1. The molecule has 3 rings (SSSR count). The molecule has 0 amide bonds. The SMILES string of the molecule is COCCC(N)c1nc2ccccc2n1-c1ccccc1. The van der Waals surface area contributed by atoms with Gasteiger partial charge in [-0.3, -0.25) is 4.57 Å². The van der Waals surface area contributed by atoms with E-state index in [9.17, 15) is 0 Å². The second-order valence-electron chi connectivity index (χ2n) is 5.02. The van der Waals surface area contributed by atoms with Crippen LogP contribution < -0.4 is 5.73 Å². The minimum absolute atomic E-state index is 0.155. The highest BCUT2D eigenvalue weighted by Crippen LogP contribution is 2.25. The Labute approximate surface area is 124 Å². The van der Waals surface area contributed by atoms with Crippen LogP contribution in [0, 0.1) is 0 Å². The first-order valence-electron chi connectivity index (χ1n) is 7.08. The average Bonchev–Trinajstić information content (AvgIpc) is 2.93. The van der Waals surface area contributed by atoms with E-state index < -0.39 is 0 Å². The van der Waals surface area contributed by atoms with E-state index >= 15 is 0 Å². The predicted molar refractivity (Wildman–Crippen MR) is 84.5 cm³/mol. The van der Waals surface area contributed by atoms with Crippen LogP contribution in [0.2, 0.25) is 0 Å². The molecule has 108 valence electrons. The third-order valence-corrected chi connectivity index (χ3v) is 3.57. The molecule has 2 N–H and O–H groups in total. The molecule has 2 aromatic carbocycles. The molecule has 0 bridgehead atoms. The number of nitrogens with two attached hydrogens (primary N) is 1. The first kappa shape index (κ1) is 13.8. The largest absolute Gasteiger partial charge is 0.385 e. The lowest BCUT2D eigenvalue weighted by Crippen LogP contribution is -2.17. The minimum Gasteiger partial charge on any atom is -0.385 e. The Morgan fingerprint density at radius 1 is 1.10 bits per heavy atom. The van der Waals surface area contributed by atoms with E-state index in [4.69, 9.17) is 15.5 Å². The van der Waals surface area contributed by atoms with Crippen molar-refractivity contribution < 1.29 is 4.74 Å². The molecule has 4 heteroatoms. The van der Waals surface area contributed by atoms with E-state index in [1.54, 1.807) is 7.11 Å². The van der Waals surface area contributed by atoms with Crippen LogP contribution in [0.5, 0.6) is 0 Å². The lowest BCUT2D eigenvalue weighted by Gasteiger charge is -2.14. The monoisotopic (exact) mass is 281 g/mol. The Morgan fingerprint density at radius 2 is 1.81 bits per heavy atom. The number of methoxy groups -OCH3 is 1. The number of para-hydroxylation sites is 3. The molecule has 0 fully saturated rings. The maximum absolute atomic E-state index is 6.32. The Balaban J connectivity index is 2.15. The summed E-state index contributed by atoms with van der Waals surface area (Å²) in [6, 6.07) is 18.1. The van der Waals surface area contributed by atoms with Gasteiger partial charge in [0.15, 0.2) is 0 Å². The molecule has 3 aromatic rings.